The van der Waals surface area contributed by atoms with E-state index in [0.29, 0.717) is 6.61 Å². The predicted octanol–water partition coefficient (Wildman–Crippen LogP) is 4.14. The van der Waals surface area contributed by atoms with Gasteiger partial charge in [0.1, 0.15) is 6.61 Å². The summed E-state index contributed by atoms with van der Waals surface area (Å²) in [5.41, 5.74) is 1.02. The number of rotatable bonds is 3. The van der Waals surface area contributed by atoms with E-state index in [1.165, 1.54) is 6.42 Å². The van der Waals surface area contributed by atoms with Gasteiger partial charge in [-0.15, -0.1) is 0 Å². The zero-order valence-electron chi connectivity index (χ0n) is 12.3. The van der Waals surface area contributed by atoms with Crippen LogP contribution < -0.4 is 0 Å². The normalized spacial score (nSPS) is 23.0. The van der Waals surface area contributed by atoms with Gasteiger partial charge in [0.15, 0.2) is 0 Å². The lowest BCUT2D eigenvalue weighted by molar-refractivity contribution is 0.0574. The minimum absolute atomic E-state index is 0.173. The van der Waals surface area contributed by atoms with E-state index in [2.05, 4.69) is 13.0 Å². The summed E-state index contributed by atoms with van der Waals surface area (Å²) in [6, 6.07) is 10.2. The lowest BCUT2D eigenvalue weighted by Crippen LogP contribution is -2.48. The van der Waals surface area contributed by atoms with Crippen LogP contribution in [0.15, 0.2) is 42.5 Å². The maximum absolute atomic E-state index is 12.3. The Morgan fingerprint density at radius 1 is 1.35 bits per heavy atom. The average molecular weight is 273 g/mol. The van der Waals surface area contributed by atoms with Crippen molar-refractivity contribution in [2.75, 3.05) is 0 Å². The number of hydrogen-bond donors (Lipinski definition) is 0. The molecule has 0 radical (unpaired) electrons. The second-order valence-corrected chi connectivity index (χ2v) is 5.32. The maximum atomic E-state index is 12.3. The first-order valence-corrected chi connectivity index (χ1v) is 7.34. The number of nitrogens with zero attached hydrogens (tertiary/aromatic N) is 1. The molecule has 1 aromatic rings. The van der Waals surface area contributed by atoms with Gasteiger partial charge in [0.05, 0.1) is 6.04 Å². The highest BCUT2D eigenvalue weighted by Gasteiger charge is 2.31. The molecule has 1 aliphatic heterocycles. The number of allylic oxidation sites excluding steroid dienone is 1. The second kappa shape index (κ2) is 7.13. The predicted molar refractivity (Wildman–Crippen MR) is 80.4 cm³/mol. The quantitative estimate of drug-likeness (QED) is 0.774. The monoisotopic (exact) mass is 273 g/mol. The molecule has 2 atom stereocenters. The second-order valence-electron chi connectivity index (χ2n) is 5.32. The van der Waals surface area contributed by atoms with Crippen LogP contribution in [-0.2, 0) is 11.3 Å². The fourth-order valence-electron chi connectivity index (χ4n) is 2.75. The van der Waals surface area contributed by atoms with Crippen LogP contribution in [0.5, 0.6) is 0 Å². The lowest BCUT2D eigenvalue weighted by Gasteiger charge is -2.38. The van der Waals surface area contributed by atoms with Crippen LogP contribution in [0.25, 0.3) is 0 Å². The van der Waals surface area contributed by atoms with Crippen molar-refractivity contribution >= 4 is 6.09 Å². The third-order valence-electron chi connectivity index (χ3n) is 3.78. The first-order chi connectivity index (χ1) is 9.72. The number of likely N-dealkylation sites (tertiary alicyclic amines) is 1. The summed E-state index contributed by atoms with van der Waals surface area (Å²) in [6.07, 6.45) is 7.14. The number of carbonyl (C=O) groups excluding carboxylic acids is 1. The highest BCUT2D eigenvalue weighted by Crippen LogP contribution is 2.24. The summed E-state index contributed by atoms with van der Waals surface area (Å²) < 4.78 is 5.47. The Bertz CT molecular complexity index is 455. The molecule has 0 bridgehead atoms. The molecule has 108 valence electrons. The van der Waals surface area contributed by atoms with Crippen LogP contribution in [0.4, 0.5) is 4.79 Å². The van der Waals surface area contributed by atoms with E-state index in [9.17, 15) is 4.79 Å². The molecule has 1 amide bonds. The molecule has 1 heterocycles. The van der Waals surface area contributed by atoms with Crippen LogP contribution in [-0.4, -0.2) is 23.1 Å². The number of carbonyl (C=O) groups is 1. The van der Waals surface area contributed by atoms with Crippen LogP contribution >= 0.6 is 0 Å². The van der Waals surface area contributed by atoms with Crippen molar-refractivity contribution in [3.8, 4) is 0 Å². The molecule has 1 aliphatic rings. The third-order valence-corrected chi connectivity index (χ3v) is 3.78. The first kappa shape index (κ1) is 14.6. The van der Waals surface area contributed by atoms with E-state index in [1.54, 1.807) is 0 Å². The van der Waals surface area contributed by atoms with Crippen molar-refractivity contribution < 1.29 is 9.53 Å². The fourth-order valence-corrected chi connectivity index (χ4v) is 2.75. The lowest BCUT2D eigenvalue weighted by atomic mass is 9.97. The van der Waals surface area contributed by atoms with Gasteiger partial charge in [-0.05, 0) is 38.7 Å². The molecule has 0 aliphatic carbocycles. The number of piperidine rings is 1. The molecule has 0 aromatic heterocycles. The Kier molecular flexibility index (Phi) is 5.22. The molecule has 3 heteroatoms. The van der Waals surface area contributed by atoms with Crippen LogP contribution in [0.3, 0.4) is 0 Å². The van der Waals surface area contributed by atoms with E-state index in [1.807, 2.05) is 48.2 Å². The van der Waals surface area contributed by atoms with E-state index in [-0.39, 0.29) is 18.2 Å². The number of hydrogen-bond acceptors (Lipinski definition) is 2. The summed E-state index contributed by atoms with van der Waals surface area (Å²) in [7, 11) is 0. The smallest absolute Gasteiger partial charge is 0.410 e. The SMILES string of the molecule is C/C=C/[C@@H]1CCC[C@@H](C)N1C(=O)OCc1ccccc1. The van der Waals surface area contributed by atoms with Crippen molar-refractivity contribution in [1.82, 2.24) is 4.90 Å². The van der Waals surface area contributed by atoms with Gasteiger partial charge in [0.2, 0.25) is 0 Å². The average Bonchev–Trinajstić information content (AvgIpc) is 2.46. The third kappa shape index (κ3) is 3.62. The Morgan fingerprint density at radius 3 is 2.80 bits per heavy atom. The standard InChI is InChI=1S/C17H23NO2/c1-3-8-16-12-7-9-14(2)18(16)17(19)20-13-15-10-5-4-6-11-15/h3-6,8,10-11,14,16H,7,9,12-13H2,1-2H3/b8-3+/t14-,16-/m1/s1. The molecule has 1 fully saturated rings. The zero-order chi connectivity index (χ0) is 14.4. The molecule has 20 heavy (non-hydrogen) atoms. The Labute approximate surface area is 121 Å². The zero-order valence-corrected chi connectivity index (χ0v) is 12.3. The van der Waals surface area contributed by atoms with E-state index in [4.69, 9.17) is 4.74 Å². The largest absolute Gasteiger partial charge is 0.445 e. The minimum atomic E-state index is -0.204. The molecular formula is C17H23NO2. The highest BCUT2D eigenvalue weighted by molar-refractivity contribution is 5.69. The topological polar surface area (TPSA) is 29.5 Å². The molecule has 0 saturated carbocycles. The van der Waals surface area contributed by atoms with E-state index < -0.39 is 0 Å². The van der Waals surface area contributed by atoms with Crippen molar-refractivity contribution in [1.29, 1.82) is 0 Å². The molecule has 3 nitrogen and oxygen atoms in total. The van der Waals surface area contributed by atoms with Gasteiger partial charge in [-0.2, -0.15) is 0 Å². The summed E-state index contributed by atoms with van der Waals surface area (Å²) in [5, 5.41) is 0. The van der Waals surface area contributed by atoms with Gasteiger partial charge in [-0.3, -0.25) is 4.90 Å². The minimum Gasteiger partial charge on any atom is -0.445 e. The van der Waals surface area contributed by atoms with Gasteiger partial charge in [-0.1, -0.05) is 42.5 Å². The summed E-state index contributed by atoms with van der Waals surface area (Å²) in [4.78, 5) is 14.2. The van der Waals surface area contributed by atoms with Gasteiger partial charge >= 0.3 is 6.09 Å². The highest BCUT2D eigenvalue weighted by atomic mass is 16.6. The van der Waals surface area contributed by atoms with Crippen molar-refractivity contribution in [3.63, 3.8) is 0 Å². The van der Waals surface area contributed by atoms with E-state index in [0.717, 1.165) is 18.4 Å². The molecular weight excluding hydrogens is 250 g/mol. The molecule has 0 spiro atoms. The maximum Gasteiger partial charge on any atom is 0.410 e. The van der Waals surface area contributed by atoms with Crippen molar-refractivity contribution in [3.05, 3.63) is 48.0 Å². The molecule has 0 N–H and O–H groups in total. The number of amides is 1. The van der Waals surface area contributed by atoms with Crippen LogP contribution in [0.2, 0.25) is 0 Å². The molecule has 2 rings (SSSR count). The summed E-state index contributed by atoms with van der Waals surface area (Å²) in [5.74, 6) is 0. The van der Waals surface area contributed by atoms with Gasteiger partial charge in [0.25, 0.3) is 0 Å². The van der Waals surface area contributed by atoms with Gasteiger partial charge in [0, 0.05) is 6.04 Å². The molecule has 1 aromatic carbocycles. The summed E-state index contributed by atoms with van der Waals surface area (Å²) >= 11 is 0. The number of ether oxygens (including phenoxy) is 1. The number of benzene rings is 1. The van der Waals surface area contributed by atoms with Gasteiger partial charge < -0.3 is 4.74 Å². The van der Waals surface area contributed by atoms with Crippen LogP contribution in [0, 0.1) is 0 Å². The Balaban J connectivity index is 1.98. The van der Waals surface area contributed by atoms with Gasteiger partial charge in [-0.25, -0.2) is 4.79 Å². The first-order valence-electron chi connectivity index (χ1n) is 7.34. The van der Waals surface area contributed by atoms with Crippen molar-refractivity contribution in [2.45, 2.75) is 51.8 Å². The molecule has 0 unspecified atom stereocenters. The Morgan fingerprint density at radius 2 is 2.10 bits per heavy atom. The summed E-state index contributed by atoms with van der Waals surface area (Å²) in [6.45, 7) is 4.43. The fraction of sp³-hybridized carbons (Fsp3) is 0.471. The van der Waals surface area contributed by atoms with Crippen LogP contribution in [0.1, 0.15) is 38.7 Å². The Hall–Kier alpha value is -1.77. The van der Waals surface area contributed by atoms with Crippen molar-refractivity contribution in [2.24, 2.45) is 0 Å². The van der Waals surface area contributed by atoms with E-state index >= 15 is 0 Å². The molecule has 1 saturated heterocycles.